The van der Waals surface area contributed by atoms with E-state index in [0.717, 1.165) is 6.07 Å². The van der Waals surface area contributed by atoms with Gasteiger partial charge in [-0.3, -0.25) is 4.79 Å². The maximum Gasteiger partial charge on any atom is 0.343 e. The number of hydrogen-bond acceptors (Lipinski definition) is 3. The van der Waals surface area contributed by atoms with E-state index in [1.807, 2.05) is 0 Å². The van der Waals surface area contributed by atoms with Gasteiger partial charge in [-0.2, -0.15) is 0 Å². The van der Waals surface area contributed by atoms with Crippen LogP contribution in [0.15, 0.2) is 36.4 Å². The van der Waals surface area contributed by atoms with Crippen LogP contribution < -0.4 is 5.32 Å². The third-order valence-electron chi connectivity index (χ3n) is 3.04. The molecule has 0 aromatic heterocycles. The van der Waals surface area contributed by atoms with Crippen molar-refractivity contribution in [1.29, 1.82) is 0 Å². The van der Waals surface area contributed by atoms with Crippen LogP contribution in [0, 0.1) is 12.7 Å². The third-order valence-corrected chi connectivity index (χ3v) is 3.77. The molecule has 4 nitrogen and oxygen atoms in total. The van der Waals surface area contributed by atoms with Gasteiger partial charge < -0.3 is 10.1 Å². The molecule has 0 aliphatic rings. The summed E-state index contributed by atoms with van der Waals surface area (Å²) in [6, 6.07) is 8.83. The minimum Gasteiger partial charge on any atom is -0.452 e. The summed E-state index contributed by atoms with van der Waals surface area (Å²) in [6.07, 6.45) is 0. The van der Waals surface area contributed by atoms with Crippen LogP contribution in [0.2, 0.25) is 10.0 Å². The molecule has 0 spiro atoms. The van der Waals surface area contributed by atoms with Crippen molar-refractivity contribution in [1.82, 2.24) is 0 Å². The van der Waals surface area contributed by atoms with Gasteiger partial charge in [0.25, 0.3) is 5.91 Å². The summed E-state index contributed by atoms with van der Waals surface area (Å²) in [5, 5.41) is 2.98. The van der Waals surface area contributed by atoms with Crippen LogP contribution in [-0.2, 0) is 9.53 Å². The zero-order chi connectivity index (χ0) is 17.0. The van der Waals surface area contributed by atoms with E-state index >= 15 is 0 Å². The second-order valence-corrected chi connectivity index (χ2v) is 5.45. The van der Waals surface area contributed by atoms with Crippen LogP contribution in [0.1, 0.15) is 15.9 Å². The quantitative estimate of drug-likeness (QED) is 0.834. The Balaban J connectivity index is 1.99. The Bertz CT molecular complexity index is 745. The van der Waals surface area contributed by atoms with Crippen molar-refractivity contribution in [3.63, 3.8) is 0 Å². The molecule has 23 heavy (non-hydrogen) atoms. The summed E-state index contributed by atoms with van der Waals surface area (Å²) in [7, 11) is 0. The van der Waals surface area contributed by atoms with Crippen molar-refractivity contribution in [3.05, 3.63) is 63.4 Å². The highest BCUT2D eigenvalue weighted by Gasteiger charge is 2.18. The maximum absolute atomic E-state index is 13.6. The molecule has 2 aromatic rings. The number of benzene rings is 2. The average molecular weight is 356 g/mol. The van der Waals surface area contributed by atoms with E-state index in [0.29, 0.717) is 16.3 Å². The first-order valence-electron chi connectivity index (χ1n) is 6.56. The van der Waals surface area contributed by atoms with Gasteiger partial charge in [-0.25, -0.2) is 9.18 Å². The van der Waals surface area contributed by atoms with Crippen LogP contribution in [0.3, 0.4) is 0 Å². The molecule has 0 saturated heterocycles. The molecule has 120 valence electrons. The predicted molar refractivity (Wildman–Crippen MR) is 86.5 cm³/mol. The Morgan fingerprint density at radius 1 is 1.13 bits per heavy atom. The number of hydrogen-bond donors (Lipinski definition) is 1. The largest absolute Gasteiger partial charge is 0.452 e. The van der Waals surface area contributed by atoms with Gasteiger partial charge in [0.1, 0.15) is 11.4 Å². The van der Waals surface area contributed by atoms with E-state index in [1.165, 1.54) is 12.1 Å². The fourth-order valence-electron chi connectivity index (χ4n) is 1.83. The van der Waals surface area contributed by atoms with E-state index in [2.05, 4.69) is 5.32 Å². The van der Waals surface area contributed by atoms with Crippen molar-refractivity contribution in [2.45, 2.75) is 6.92 Å². The highest BCUT2D eigenvalue weighted by molar-refractivity contribution is 6.33. The van der Waals surface area contributed by atoms with Crippen LogP contribution in [-0.4, -0.2) is 18.5 Å². The molecule has 0 heterocycles. The molecular weight excluding hydrogens is 344 g/mol. The summed E-state index contributed by atoms with van der Waals surface area (Å²) in [5.41, 5.74) is 0.786. The maximum atomic E-state index is 13.6. The van der Waals surface area contributed by atoms with Gasteiger partial charge in [-0.05, 0) is 36.8 Å². The molecular formula is C16H12Cl2FNO3. The van der Waals surface area contributed by atoms with E-state index < -0.39 is 29.9 Å². The number of nitrogens with one attached hydrogen (secondary N) is 1. The number of amides is 1. The molecule has 0 aliphatic heterocycles. The van der Waals surface area contributed by atoms with E-state index in [-0.39, 0.29) is 5.02 Å². The van der Waals surface area contributed by atoms with Crippen LogP contribution in [0.25, 0.3) is 0 Å². The Kier molecular flexibility index (Phi) is 5.58. The highest BCUT2D eigenvalue weighted by atomic mass is 35.5. The van der Waals surface area contributed by atoms with Gasteiger partial charge in [-0.15, -0.1) is 0 Å². The molecule has 1 amide bonds. The molecule has 0 aliphatic carbocycles. The number of carbonyl (C=O) groups is 2. The van der Waals surface area contributed by atoms with Crippen LogP contribution in [0.5, 0.6) is 0 Å². The third kappa shape index (κ3) is 4.21. The summed E-state index contributed by atoms with van der Waals surface area (Å²) in [4.78, 5) is 23.6. The molecule has 0 unspecified atom stereocenters. The Morgan fingerprint density at radius 2 is 1.78 bits per heavy atom. The lowest BCUT2D eigenvalue weighted by Gasteiger charge is -2.10. The second kappa shape index (κ2) is 7.44. The predicted octanol–water partition coefficient (Wildman–Crippen LogP) is 4.24. The molecule has 2 aromatic carbocycles. The number of esters is 1. The average Bonchev–Trinajstić information content (AvgIpc) is 2.49. The van der Waals surface area contributed by atoms with Gasteiger partial charge in [0.2, 0.25) is 0 Å². The zero-order valence-electron chi connectivity index (χ0n) is 12.0. The molecule has 7 heteroatoms. The van der Waals surface area contributed by atoms with Gasteiger partial charge >= 0.3 is 5.97 Å². The Hall–Kier alpha value is -2.11. The fourth-order valence-corrected chi connectivity index (χ4v) is 2.24. The van der Waals surface area contributed by atoms with E-state index in [4.69, 9.17) is 27.9 Å². The number of rotatable bonds is 4. The Labute approximate surface area is 142 Å². The molecule has 2 rings (SSSR count). The summed E-state index contributed by atoms with van der Waals surface area (Å²) in [6.45, 7) is 1.17. The monoisotopic (exact) mass is 355 g/mol. The van der Waals surface area contributed by atoms with Crippen LogP contribution >= 0.6 is 23.2 Å². The number of halogens is 3. The molecule has 0 radical (unpaired) electrons. The summed E-state index contributed by atoms with van der Waals surface area (Å²) in [5.74, 6) is -2.39. The number of carbonyl (C=O) groups excluding carboxylic acids is 2. The smallest absolute Gasteiger partial charge is 0.343 e. The van der Waals surface area contributed by atoms with E-state index in [1.54, 1.807) is 25.1 Å². The zero-order valence-corrected chi connectivity index (χ0v) is 13.5. The molecule has 0 fully saturated rings. The summed E-state index contributed by atoms with van der Waals surface area (Å²) >= 11 is 11.7. The lowest BCUT2D eigenvalue weighted by molar-refractivity contribution is -0.119. The topological polar surface area (TPSA) is 55.4 Å². The lowest BCUT2D eigenvalue weighted by atomic mass is 10.2. The van der Waals surface area contributed by atoms with Gasteiger partial charge in [0, 0.05) is 10.7 Å². The Morgan fingerprint density at radius 3 is 2.48 bits per heavy atom. The molecule has 1 N–H and O–H groups in total. The second-order valence-electron chi connectivity index (χ2n) is 4.63. The number of ether oxygens (including phenoxy) is 1. The minimum absolute atomic E-state index is 0.0823. The van der Waals surface area contributed by atoms with Gasteiger partial charge in [0.15, 0.2) is 6.61 Å². The normalized spacial score (nSPS) is 10.3. The van der Waals surface area contributed by atoms with Crippen molar-refractivity contribution < 1.29 is 18.7 Å². The first-order valence-corrected chi connectivity index (χ1v) is 7.32. The van der Waals surface area contributed by atoms with Crippen molar-refractivity contribution >= 4 is 40.8 Å². The van der Waals surface area contributed by atoms with E-state index in [9.17, 15) is 14.0 Å². The number of anilines is 1. The van der Waals surface area contributed by atoms with Crippen molar-refractivity contribution in [2.24, 2.45) is 0 Å². The van der Waals surface area contributed by atoms with Gasteiger partial charge in [0.05, 0.1) is 5.02 Å². The van der Waals surface area contributed by atoms with Gasteiger partial charge in [-0.1, -0.05) is 35.3 Å². The van der Waals surface area contributed by atoms with Crippen LogP contribution in [0.4, 0.5) is 10.1 Å². The standard InChI is InChI=1S/C16H12Cl2FNO3/c1-9-10(17)4-3-7-13(9)20-14(21)8-23-16(22)15-11(18)5-2-6-12(15)19/h2-7H,8H2,1H3,(H,20,21). The molecule has 0 saturated carbocycles. The molecule has 0 atom stereocenters. The lowest BCUT2D eigenvalue weighted by Crippen LogP contribution is -2.22. The highest BCUT2D eigenvalue weighted by Crippen LogP contribution is 2.23. The first kappa shape index (κ1) is 17.2. The SMILES string of the molecule is Cc1c(Cl)cccc1NC(=O)COC(=O)c1c(F)cccc1Cl. The molecule has 0 bridgehead atoms. The fraction of sp³-hybridized carbons (Fsp3) is 0.125. The first-order chi connectivity index (χ1) is 10.9. The minimum atomic E-state index is -1.01. The van der Waals surface area contributed by atoms with Crippen molar-refractivity contribution in [2.75, 3.05) is 11.9 Å². The summed E-state index contributed by atoms with van der Waals surface area (Å²) < 4.78 is 18.4. The van der Waals surface area contributed by atoms with Crippen molar-refractivity contribution in [3.8, 4) is 0 Å².